The molecule has 7 heteroatoms. The molecule has 1 amide bonds. The zero-order chi connectivity index (χ0) is 22.5. The van der Waals surface area contributed by atoms with Crippen molar-refractivity contribution >= 4 is 11.8 Å². The van der Waals surface area contributed by atoms with Crippen molar-refractivity contribution in [2.75, 3.05) is 37.7 Å². The summed E-state index contributed by atoms with van der Waals surface area (Å²) >= 11 is 0. The lowest BCUT2D eigenvalue weighted by molar-refractivity contribution is 0.0743. The number of halogens is 1. The number of nitrogens with zero attached hydrogens (tertiary/aromatic N) is 3. The van der Waals surface area contributed by atoms with E-state index in [-0.39, 0.29) is 18.3 Å². The maximum absolute atomic E-state index is 14.7. The molecule has 0 aliphatic carbocycles. The number of benzene rings is 2. The molecule has 1 saturated heterocycles. The van der Waals surface area contributed by atoms with Gasteiger partial charge >= 0.3 is 0 Å². The molecule has 0 atom stereocenters. The van der Waals surface area contributed by atoms with Gasteiger partial charge in [-0.3, -0.25) is 4.79 Å². The van der Waals surface area contributed by atoms with Crippen molar-refractivity contribution in [3.63, 3.8) is 0 Å². The number of ether oxygens (including phenoxy) is 1. The summed E-state index contributed by atoms with van der Waals surface area (Å²) < 4.78 is 25.9. The van der Waals surface area contributed by atoms with Crippen LogP contribution in [-0.2, 0) is 11.3 Å². The molecule has 1 aliphatic rings. The van der Waals surface area contributed by atoms with Crippen LogP contribution in [0.2, 0.25) is 0 Å². The molecule has 3 aromatic rings. The van der Waals surface area contributed by atoms with Gasteiger partial charge in [0.1, 0.15) is 11.5 Å². The van der Waals surface area contributed by atoms with Gasteiger partial charge in [0.2, 0.25) is 5.88 Å². The van der Waals surface area contributed by atoms with Gasteiger partial charge in [0.05, 0.1) is 25.3 Å². The predicted octanol–water partition coefficient (Wildman–Crippen LogP) is 4.68. The van der Waals surface area contributed by atoms with E-state index in [2.05, 4.69) is 10.1 Å². The van der Waals surface area contributed by atoms with Crippen molar-refractivity contribution in [3.05, 3.63) is 71.0 Å². The molecular weight excluding hydrogens is 409 g/mol. The van der Waals surface area contributed by atoms with Crippen LogP contribution in [0.1, 0.15) is 34.8 Å². The third-order valence-electron chi connectivity index (χ3n) is 5.62. The third kappa shape index (κ3) is 4.67. The molecule has 168 valence electrons. The van der Waals surface area contributed by atoms with Gasteiger partial charge in [-0.25, -0.2) is 4.39 Å². The zero-order valence-electron chi connectivity index (χ0n) is 18.5. The van der Waals surface area contributed by atoms with E-state index in [9.17, 15) is 9.18 Å². The third-order valence-corrected chi connectivity index (χ3v) is 5.62. The average Bonchev–Trinajstić information content (AvgIpc) is 3.23. The summed E-state index contributed by atoms with van der Waals surface area (Å²) in [6, 6.07) is 14.1. The van der Waals surface area contributed by atoms with E-state index < -0.39 is 0 Å². The van der Waals surface area contributed by atoms with Gasteiger partial charge in [-0.15, -0.1) is 0 Å². The molecule has 4 rings (SSSR count). The molecule has 0 N–H and O–H groups in total. The van der Waals surface area contributed by atoms with Gasteiger partial charge < -0.3 is 19.1 Å². The Morgan fingerprint density at radius 1 is 1.12 bits per heavy atom. The number of rotatable bonds is 7. The van der Waals surface area contributed by atoms with E-state index in [1.165, 1.54) is 6.07 Å². The van der Waals surface area contributed by atoms with E-state index in [0.29, 0.717) is 61.1 Å². The van der Waals surface area contributed by atoms with Crippen molar-refractivity contribution in [2.45, 2.75) is 26.8 Å². The van der Waals surface area contributed by atoms with Gasteiger partial charge in [-0.2, -0.15) is 0 Å². The fourth-order valence-electron chi connectivity index (χ4n) is 3.91. The Bertz CT molecular complexity index is 1060. The summed E-state index contributed by atoms with van der Waals surface area (Å²) in [5, 5.41) is 4.24. The SMILES string of the molecule is CCCN(Cc1c(-c2ccccc2F)noc1N1CCOCC1)C(=O)c1ccc(C)cc1. The second-order valence-corrected chi connectivity index (χ2v) is 7.99. The second-order valence-electron chi connectivity index (χ2n) is 7.99. The van der Waals surface area contributed by atoms with E-state index >= 15 is 0 Å². The smallest absolute Gasteiger partial charge is 0.254 e. The molecule has 1 fully saturated rings. The Morgan fingerprint density at radius 3 is 2.53 bits per heavy atom. The van der Waals surface area contributed by atoms with E-state index in [1.807, 2.05) is 38.1 Å². The monoisotopic (exact) mass is 437 g/mol. The predicted molar refractivity (Wildman–Crippen MR) is 121 cm³/mol. The molecule has 2 aromatic carbocycles. The van der Waals surface area contributed by atoms with Crippen molar-refractivity contribution in [3.8, 4) is 11.3 Å². The minimum Gasteiger partial charge on any atom is -0.378 e. The molecule has 0 radical (unpaired) electrons. The molecule has 1 aliphatic heterocycles. The number of hydrogen-bond acceptors (Lipinski definition) is 5. The summed E-state index contributed by atoms with van der Waals surface area (Å²) in [4.78, 5) is 17.2. The molecule has 0 spiro atoms. The highest BCUT2D eigenvalue weighted by Crippen LogP contribution is 2.34. The molecule has 0 saturated carbocycles. The van der Waals surface area contributed by atoms with Crippen molar-refractivity contribution in [1.82, 2.24) is 10.1 Å². The molecule has 0 bridgehead atoms. The van der Waals surface area contributed by atoms with Crippen LogP contribution in [0, 0.1) is 12.7 Å². The number of amides is 1. The standard InChI is InChI=1S/C25H28FN3O3/c1-3-12-29(24(30)19-10-8-18(2)9-11-19)17-21-23(20-6-4-5-7-22(20)26)27-32-25(21)28-13-15-31-16-14-28/h4-11H,3,12-17H2,1-2H3. The number of morpholine rings is 1. The van der Waals surface area contributed by atoms with Crippen molar-refractivity contribution in [1.29, 1.82) is 0 Å². The van der Waals surface area contributed by atoms with Gasteiger partial charge in [0.15, 0.2) is 0 Å². The Balaban J connectivity index is 1.73. The lowest BCUT2D eigenvalue weighted by Crippen LogP contribution is -2.37. The second kappa shape index (κ2) is 9.96. The highest BCUT2D eigenvalue weighted by atomic mass is 19.1. The van der Waals surface area contributed by atoms with Gasteiger partial charge in [0.25, 0.3) is 5.91 Å². The summed E-state index contributed by atoms with van der Waals surface area (Å²) in [6.07, 6.45) is 0.796. The first-order chi connectivity index (χ1) is 15.6. The average molecular weight is 438 g/mol. The number of aryl methyl sites for hydroxylation is 1. The minimum absolute atomic E-state index is 0.0690. The Morgan fingerprint density at radius 2 is 1.84 bits per heavy atom. The van der Waals surface area contributed by atoms with Crippen LogP contribution >= 0.6 is 0 Å². The zero-order valence-corrected chi connectivity index (χ0v) is 18.5. The van der Waals surface area contributed by atoms with Crippen LogP contribution in [-0.4, -0.2) is 48.8 Å². The van der Waals surface area contributed by atoms with Crippen LogP contribution in [0.25, 0.3) is 11.3 Å². The lowest BCUT2D eigenvalue weighted by atomic mass is 10.0. The number of carbonyl (C=O) groups is 1. The topological polar surface area (TPSA) is 58.8 Å². The van der Waals surface area contributed by atoms with Crippen LogP contribution in [0.5, 0.6) is 0 Å². The maximum atomic E-state index is 14.7. The van der Waals surface area contributed by atoms with Crippen LogP contribution in [0.3, 0.4) is 0 Å². The number of anilines is 1. The first kappa shape index (κ1) is 22.0. The van der Waals surface area contributed by atoms with Gasteiger partial charge in [-0.05, 0) is 37.6 Å². The minimum atomic E-state index is -0.373. The molecular formula is C25H28FN3O3. The molecule has 2 heterocycles. The lowest BCUT2D eigenvalue weighted by Gasteiger charge is -2.28. The van der Waals surface area contributed by atoms with Gasteiger partial charge in [-0.1, -0.05) is 41.9 Å². The van der Waals surface area contributed by atoms with Crippen LogP contribution in [0.15, 0.2) is 53.1 Å². The summed E-state index contributed by atoms with van der Waals surface area (Å²) in [6.45, 7) is 7.33. The normalized spacial score (nSPS) is 13.9. The van der Waals surface area contributed by atoms with E-state index in [4.69, 9.17) is 9.26 Å². The Labute approximate surface area is 187 Å². The largest absolute Gasteiger partial charge is 0.378 e. The maximum Gasteiger partial charge on any atom is 0.254 e. The number of hydrogen-bond donors (Lipinski definition) is 0. The number of carbonyl (C=O) groups excluding carboxylic acids is 1. The fraction of sp³-hybridized carbons (Fsp3) is 0.360. The summed E-state index contributed by atoms with van der Waals surface area (Å²) in [7, 11) is 0. The number of aromatic nitrogens is 1. The van der Waals surface area contributed by atoms with Crippen LogP contribution in [0.4, 0.5) is 10.3 Å². The Kier molecular flexibility index (Phi) is 6.85. The van der Waals surface area contributed by atoms with E-state index in [1.54, 1.807) is 23.1 Å². The van der Waals surface area contributed by atoms with Crippen molar-refractivity contribution < 1.29 is 18.4 Å². The highest BCUT2D eigenvalue weighted by molar-refractivity contribution is 5.94. The molecule has 6 nitrogen and oxygen atoms in total. The molecule has 1 aromatic heterocycles. The van der Waals surface area contributed by atoms with E-state index in [0.717, 1.165) is 12.0 Å². The van der Waals surface area contributed by atoms with Crippen molar-refractivity contribution in [2.24, 2.45) is 0 Å². The Hall–Kier alpha value is -3.19. The molecule has 0 unspecified atom stereocenters. The molecule has 32 heavy (non-hydrogen) atoms. The first-order valence-electron chi connectivity index (χ1n) is 11.0. The highest BCUT2D eigenvalue weighted by Gasteiger charge is 2.28. The summed E-state index contributed by atoms with van der Waals surface area (Å²) in [5.74, 6) is 0.132. The fourth-order valence-corrected chi connectivity index (χ4v) is 3.91. The van der Waals surface area contributed by atoms with Crippen LogP contribution < -0.4 is 4.90 Å². The van der Waals surface area contributed by atoms with Gasteiger partial charge in [0, 0.05) is 30.8 Å². The summed E-state index contributed by atoms with van der Waals surface area (Å²) in [5.41, 5.74) is 3.23. The first-order valence-corrected chi connectivity index (χ1v) is 11.0. The quantitative estimate of drug-likeness (QED) is 0.537.